The highest BCUT2D eigenvalue weighted by atomic mass is 16.5. The summed E-state index contributed by atoms with van der Waals surface area (Å²) in [5.74, 6) is 0.966. The fourth-order valence-corrected chi connectivity index (χ4v) is 4.97. The van der Waals surface area contributed by atoms with Gasteiger partial charge in [0, 0.05) is 51.8 Å². The molecule has 2 aromatic carbocycles. The van der Waals surface area contributed by atoms with E-state index in [0.29, 0.717) is 19.7 Å². The summed E-state index contributed by atoms with van der Waals surface area (Å²) < 4.78 is 9.34. The molecule has 1 atom stereocenters. The molecule has 0 radical (unpaired) electrons. The number of carbonyl (C=O) groups excluding carboxylic acids is 1. The summed E-state index contributed by atoms with van der Waals surface area (Å²) in [6.07, 6.45) is 2.82. The molecule has 0 bridgehead atoms. The fraction of sp³-hybridized carbons (Fsp3) is 0.310. The molecule has 3 heterocycles. The zero-order chi connectivity index (χ0) is 25.9. The first kappa shape index (κ1) is 24.6. The molecule has 8 heteroatoms. The van der Waals surface area contributed by atoms with Crippen LogP contribution in [0.15, 0.2) is 72.9 Å². The van der Waals surface area contributed by atoms with Gasteiger partial charge >= 0.3 is 6.03 Å². The van der Waals surface area contributed by atoms with E-state index in [1.54, 1.807) is 7.11 Å². The van der Waals surface area contributed by atoms with E-state index >= 15 is 0 Å². The Morgan fingerprint density at radius 3 is 2.54 bits per heavy atom. The molecule has 8 nitrogen and oxygen atoms in total. The Labute approximate surface area is 218 Å². The molecule has 0 spiro atoms. The minimum atomic E-state index is -0.273. The molecular weight excluding hydrogens is 464 g/mol. The Bertz CT molecular complexity index is 1360. The van der Waals surface area contributed by atoms with Crippen LogP contribution >= 0.6 is 0 Å². The number of anilines is 1. The van der Waals surface area contributed by atoms with Gasteiger partial charge in [0.25, 0.3) is 0 Å². The third-order valence-corrected chi connectivity index (χ3v) is 6.87. The van der Waals surface area contributed by atoms with E-state index in [-0.39, 0.29) is 12.1 Å². The standard InChI is InChI=1S/C29H34N6O2/c1-21-25-20-34(29(36)30-17-9-19-37-4)27(22-13-15-23(16-14-22)32(2)3)26-12-8-18-33(26)28(25)35(31-21)24-10-6-5-7-11-24/h5-8,10-16,18,27H,9,17,19-20H2,1-4H3,(H,30,36). The molecule has 5 rings (SSSR count). The second kappa shape index (κ2) is 10.5. The summed E-state index contributed by atoms with van der Waals surface area (Å²) >= 11 is 0. The Kier molecular flexibility index (Phi) is 7.01. The third kappa shape index (κ3) is 4.72. The van der Waals surface area contributed by atoms with Crippen LogP contribution in [-0.2, 0) is 11.3 Å². The van der Waals surface area contributed by atoms with Gasteiger partial charge < -0.3 is 24.4 Å². The number of methoxy groups -OCH3 is 1. The second-order valence-electron chi connectivity index (χ2n) is 9.53. The summed E-state index contributed by atoms with van der Waals surface area (Å²) in [5, 5.41) is 8.03. The largest absolute Gasteiger partial charge is 0.385 e. The normalized spacial score (nSPS) is 14.6. The number of aryl methyl sites for hydroxylation is 1. The number of aromatic nitrogens is 3. The maximum Gasteiger partial charge on any atom is 0.318 e. The smallest absolute Gasteiger partial charge is 0.318 e. The van der Waals surface area contributed by atoms with Gasteiger partial charge in [0.15, 0.2) is 0 Å². The molecular formula is C29H34N6O2. The molecule has 2 aromatic heterocycles. The number of fused-ring (bicyclic) bond motifs is 3. The Morgan fingerprint density at radius 2 is 1.84 bits per heavy atom. The van der Waals surface area contributed by atoms with Crippen LogP contribution in [0.5, 0.6) is 0 Å². The van der Waals surface area contributed by atoms with Crippen LogP contribution < -0.4 is 10.2 Å². The maximum absolute atomic E-state index is 13.7. The van der Waals surface area contributed by atoms with E-state index in [1.807, 2.05) is 54.9 Å². The predicted octanol–water partition coefficient (Wildman–Crippen LogP) is 4.69. The molecule has 4 aromatic rings. The van der Waals surface area contributed by atoms with Crippen LogP contribution in [0.2, 0.25) is 0 Å². The number of amides is 2. The van der Waals surface area contributed by atoms with E-state index in [9.17, 15) is 4.79 Å². The molecule has 1 unspecified atom stereocenters. The quantitative estimate of drug-likeness (QED) is 0.376. The molecule has 0 saturated heterocycles. The number of benzene rings is 2. The van der Waals surface area contributed by atoms with E-state index < -0.39 is 0 Å². The van der Waals surface area contributed by atoms with Crippen LogP contribution in [0.1, 0.15) is 35.0 Å². The highest BCUT2D eigenvalue weighted by Crippen LogP contribution is 2.38. The van der Waals surface area contributed by atoms with Gasteiger partial charge in [-0.1, -0.05) is 30.3 Å². The zero-order valence-corrected chi connectivity index (χ0v) is 21.9. The highest BCUT2D eigenvalue weighted by Gasteiger charge is 2.35. The van der Waals surface area contributed by atoms with Gasteiger partial charge in [0.05, 0.1) is 29.7 Å². The first-order valence-corrected chi connectivity index (χ1v) is 12.6. The molecule has 37 heavy (non-hydrogen) atoms. The minimum Gasteiger partial charge on any atom is -0.385 e. The van der Waals surface area contributed by atoms with Crippen molar-refractivity contribution in [3.63, 3.8) is 0 Å². The molecule has 1 N–H and O–H groups in total. The van der Waals surface area contributed by atoms with Crippen LogP contribution in [0.3, 0.4) is 0 Å². The highest BCUT2D eigenvalue weighted by molar-refractivity contribution is 5.76. The number of nitrogens with one attached hydrogen (secondary N) is 1. The van der Waals surface area contributed by atoms with Crippen molar-refractivity contribution in [2.24, 2.45) is 0 Å². The van der Waals surface area contributed by atoms with Crippen molar-refractivity contribution in [1.29, 1.82) is 0 Å². The van der Waals surface area contributed by atoms with Crippen LogP contribution in [0.25, 0.3) is 11.5 Å². The van der Waals surface area contributed by atoms with Crippen molar-refractivity contribution in [3.05, 3.63) is 95.4 Å². The lowest BCUT2D eigenvalue weighted by Gasteiger charge is -2.31. The Hall–Kier alpha value is -4.04. The number of ether oxygens (including phenoxy) is 1. The van der Waals surface area contributed by atoms with E-state index in [1.165, 1.54) is 0 Å². The summed E-state index contributed by atoms with van der Waals surface area (Å²) in [7, 11) is 5.73. The van der Waals surface area contributed by atoms with Crippen molar-refractivity contribution in [2.45, 2.75) is 25.9 Å². The Morgan fingerprint density at radius 1 is 1.08 bits per heavy atom. The number of rotatable bonds is 7. The lowest BCUT2D eigenvalue weighted by atomic mass is 10.0. The number of nitrogens with zero attached hydrogens (tertiary/aromatic N) is 5. The predicted molar refractivity (Wildman–Crippen MR) is 146 cm³/mol. The monoisotopic (exact) mass is 498 g/mol. The third-order valence-electron chi connectivity index (χ3n) is 6.87. The maximum atomic E-state index is 13.7. The topological polar surface area (TPSA) is 67.6 Å². The number of para-hydroxylation sites is 1. The van der Waals surface area contributed by atoms with Gasteiger partial charge in [-0.25, -0.2) is 9.48 Å². The lowest BCUT2D eigenvalue weighted by Crippen LogP contribution is -2.42. The van der Waals surface area contributed by atoms with Gasteiger partial charge in [-0.05, 0) is 55.3 Å². The van der Waals surface area contributed by atoms with Crippen molar-refractivity contribution >= 4 is 11.7 Å². The van der Waals surface area contributed by atoms with Crippen molar-refractivity contribution in [2.75, 3.05) is 39.3 Å². The van der Waals surface area contributed by atoms with E-state index in [4.69, 9.17) is 9.84 Å². The van der Waals surface area contributed by atoms with Gasteiger partial charge in [-0.15, -0.1) is 0 Å². The average Bonchev–Trinajstić information content (AvgIpc) is 3.47. The zero-order valence-electron chi connectivity index (χ0n) is 21.9. The van der Waals surface area contributed by atoms with Gasteiger partial charge in [0.2, 0.25) is 0 Å². The van der Waals surface area contributed by atoms with E-state index in [2.05, 4.69) is 63.4 Å². The number of urea groups is 1. The lowest BCUT2D eigenvalue weighted by molar-refractivity contribution is 0.174. The molecule has 1 aliphatic heterocycles. The minimum absolute atomic E-state index is 0.106. The SMILES string of the molecule is COCCCNC(=O)N1Cc2c(C)nn(-c3ccccc3)c2-n2cccc2C1c1ccc(N(C)C)cc1. The summed E-state index contributed by atoms with van der Waals surface area (Å²) in [6, 6.07) is 22.3. The average molecular weight is 499 g/mol. The summed E-state index contributed by atoms with van der Waals surface area (Å²) in [5.41, 5.74) is 6.10. The molecule has 0 fully saturated rings. The van der Waals surface area contributed by atoms with E-state index in [0.717, 1.165) is 46.1 Å². The van der Waals surface area contributed by atoms with Crippen molar-refractivity contribution in [3.8, 4) is 11.5 Å². The van der Waals surface area contributed by atoms with Crippen molar-refractivity contribution < 1.29 is 9.53 Å². The molecule has 192 valence electrons. The number of carbonyl (C=O) groups is 1. The first-order valence-electron chi connectivity index (χ1n) is 12.6. The first-order chi connectivity index (χ1) is 18.0. The number of hydrogen-bond acceptors (Lipinski definition) is 4. The molecule has 0 aliphatic carbocycles. The summed E-state index contributed by atoms with van der Waals surface area (Å²) in [6.45, 7) is 3.60. The van der Waals surface area contributed by atoms with Crippen LogP contribution in [-0.4, -0.2) is 59.6 Å². The van der Waals surface area contributed by atoms with Gasteiger partial charge in [0.1, 0.15) is 5.82 Å². The molecule has 2 amide bonds. The van der Waals surface area contributed by atoms with Crippen molar-refractivity contribution in [1.82, 2.24) is 24.6 Å². The van der Waals surface area contributed by atoms with Crippen LogP contribution in [0, 0.1) is 6.92 Å². The van der Waals surface area contributed by atoms with Gasteiger partial charge in [-0.3, -0.25) is 0 Å². The summed E-state index contributed by atoms with van der Waals surface area (Å²) in [4.78, 5) is 17.7. The molecule has 1 aliphatic rings. The fourth-order valence-electron chi connectivity index (χ4n) is 4.97. The second-order valence-corrected chi connectivity index (χ2v) is 9.53. The van der Waals surface area contributed by atoms with Crippen LogP contribution in [0.4, 0.5) is 10.5 Å². The molecule has 0 saturated carbocycles. The van der Waals surface area contributed by atoms with Gasteiger partial charge in [-0.2, -0.15) is 5.10 Å². The number of hydrogen-bond donors (Lipinski definition) is 1. The Balaban J connectivity index is 1.64.